The van der Waals surface area contributed by atoms with Gasteiger partial charge >= 0.3 is 6.03 Å². The van der Waals surface area contributed by atoms with Crippen molar-refractivity contribution in [3.05, 3.63) is 0 Å². The first-order valence-electron chi connectivity index (χ1n) is 10.7. The van der Waals surface area contributed by atoms with E-state index in [0.717, 1.165) is 77.5 Å². The number of rotatable bonds is 4. The molecule has 4 amide bonds. The molecule has 7 nitrogen and oxygen atoms in total. The van der Waals surface area contributed by atoms with Gasteiger partial charge in [-0.1, -0.05) is 25.7 Å². The van der Waals surface area contributed by atoms with Crippen LogP contribution in [0.3, 0.4) is 0 Å². The van der Waals surface area contributed by atoms with E-state index in [1.54, 1.807) is 0 Å². The highest BCUT2D eigenvalue weighted by atomic mass is 16.2. The van der Waals surface area contributed by atoms with Crippen LogP contribution in [0.15, 0.2) is 0 Å². The third-order valence-electron chi connectivity index (χ3n) is 6.17. The van der Waals surface area contributed by atoms with Crippen LogP contribution >= 0.6 is 0 Å². The largest absolute Gasteiger partial charge is 0.342 e. The van der Waals surface area contributed by atoms with Gasteiger partial charge in [-0.25, -0.2) is 4.79 Å². The van der Waals surface area contributed by atoms with E-state index in [1.807, 2.05) is 9.80 Å². The van der Waals surface area contributed by atoms with Crippen LogP contribution in [0.4, 0.5) is 4.79 Å². The Bertz CT molecular complexity index is 517. The van der Waals surface area contributed by atoms with Gasteiger partial charge in [0.25, 0.3) is 0 Å². The van der Waals surface area contributed by atoms with Gasteiger partial charge in [0.2, 0.25) is 11.8 Å². The van der Waals surface area contributed by atoms with Gasteiger partial charge < -0.3 is 10.2 Å². The Kier molecular flexibility index (Phi) is 7.50. The summed E-state index contributed by atoms with van der Waals surface area (Å²) < 4.78 is 0. The molecule has 3 aliphatic rings. The lowest BCUT2D eigenvalue weighted by Crippen LogP contribution is -2.49. The molecule has 2 aliphatic heterocycles. The third kappa shape index (κ3) is 6.19. The summed E-state index contributed by atoms with van der Waals surface area (Å²) in [6.45, 7) is 3.50. The molecular formula is C20H34N4O3. The lowest BCUT2D eigenvalue weighted by Gasteiger charge is -2.33. The molecule has 2 saturated heterocycles. The number of imide groups is 1. The summed E-state index contributed by atoms with van der Waals surface area (Å²) in [4.78, 5) is 40.8. The van der Waals surface area contributed by atoms with Crippen molar-refractivity contribution < 1.29 is 14.4 Å². The van der Waals surface area contributed by atoms with E-state index in [0.29, 0.717) is 5.91 Å². The second kappa shape index (κ2) is 10.1. The molecule has 3 rings (SSSR count). The monoisotopic (exact) mass is 378 g/mol. The number of urea groups is 1. The van der Waals surface area contributed by atoms with E-state index in [1.165, 1.54) is 12.8 Å². The maximum Gasteiger partial charge on any atom is 0.321 e. The molecule has 1 saturated carbocycles. The highest BCUT2D eigenvalue weighted by Gasteiger charge is 2.29. The molecule has 152 valence electrons. The number of nitrogens with zero attached hydrogens (tertiary/aromatic N) is 2. The SMILES string of the molecule is O=C(CN1CCC(C(=O)N2CCCCCC2)CC1)NC(=O)NC1CCCC1. The van der Waals surface area contributed by atoms with E-state index in [9.17, 15) is 14.4 Å². The minimum Gasteiger partial charge on any atom is -0.342 e. The summed E-state index contributed by atoms with van der Waals surface area (Å²) in [6.07, 6.45) is 10.6. The van der Waals surface area contributed by atoms with Crippen molar-refractivity contribution in [2.24, 2.45) is 5.92 Å². The Balaban J connectivity index is 1.35. The average Bonchev–Trinajstić information content (AvgIpc) is 3.00. The van der Waals surface area contributed by atoms with Gasteiger partial charge in [-0.2, -0.15) is 0 Å². The van der Waals surface area contributed by atoms with Gasteiger partial charge in [0.05, 0.1) is 6.54 Å². The molecule has 2 heterocycles. The first-order valence-corrected chi connectivity index (χ1v) is 10.7. The van der Waals surface area contributed by atoms with Gasteiger partial charge in [0, 0.05) is 25.0 Å². The molecule has 0 bridgehead atoms. The second-order valence-corrected chi connectivity index (χ2v) is 8.29. The molecule has 27 heavy (non-hydrogen) atoms. The van der Waals surface area contributed by atoms with Crippen LogP contribution in [0, 0.1) is 5.92 Å². The van der Waals surface area contributed by atoms with E-state index in [2.05, 4.69) is 10.6 Å². The highest BCUT2D eigenvalue weighted by Crippen LogP contribution is 2.21. The van der Waals surface area contributed by atoms with E-state index >= 15 is 0 Å². The zero-order chi connectivity index (χ0) is 19.1. The van der Waals surface area contributed by atoms with Crippen LogP contribution in [0.2, 0.25) is 0 Å². The van der Waals surface area contributed by atoms with E-state index < -0.39 is 0 Å². The Labute approximate surface area is 162 Å². The van der Waals surface area contributed by atoms with Crippen molar-refractivity contribution in [1.29, 1.82) is 0 Å². The van der Waals surface area contributed by atoms with E-state index in [4.69, 9.17) is 0 Å². The molecule has 7 heteroatoms. The number of nitrogens with one attached hydrogen (secondary N) is 2. The Hall–Kier alpha value is -1.63. The van der Waals surface area contributed by atoms with Crippen LogP contribution in [0.5, 0.6) is 0 Å². The Morgan fingerprint density at radius 2 is 1.41 bits per heavy atom. The predicted molar refractivity (Wildman–Crippen MR) is 103 cm³/mol. The number of carbonyl (C=O) groups is 3. The topological polar surface area (TPSA) is 81.8 Å². The van der Waals surface area contributed by atoms with E-state index in [-0.39, 0.29) is 30.4 Å². The number of hydrogen-bond acceptors (Lipinski definition) is 4. The number of piperidine rings is 1. The van der Waals surface area contributed by atoms with Crippen molar-refractivity contribution >= 4 is 17.8 Å². The van der Waals surface area contributed by atoms with Crippen molar-refractivity contribution in [2.45, 2.75) is 70.3 Å². The summed E-state index contributed by atoms with van der Waals surface area (Å²) in [5.74, 6) is 0.132. The number of hydrogen-bond donors (Lipinski definition) is 2. The maximum absolute atomic E-state index is 12.7. The summed E-state index contributed by atoms with van der Waals surface area (Å²) >= 11 is 0. The molecule has 0 spiro atoms. The van der Waals surface area contributed by atoms with Gasteiger partial charge in [0.15, 0.2) is 0 Å². The fourth-order valence-electron chi connectivity index (χ4n) is 4.55. The molecule has 0 radical (unpaired) electrons. The molecule has 0 aromatic heterocycles. The van der Waals surface area contributed by atoms with Crippen LogP contribution in [0.1, 0.15) is 64.2 Å². The normalized spacial score (nSPS) is 23.0. The van der Waals surface area contributed by atoms with Gasteiger partial charge in [-0.3, -0.25) is 19.8 Å². The van der Waals surface area contributed by atoms with Crippen molar-refractivity contribution in [1.82, 2.24) is 20.4 Å². The third-order valence-corrected chi connectivity index (χ3v) is 6.17. The molecule has 2 N–H and O–H groups in total. The van der Waals surface area contributed by atoms with Crippen LogP contribution in [-0.2, 0) is 9.59 Å². The summed E-state index contributed by atoms with van der Waals surface area (Å²) in [5.41, 5.74) is 0. The Morgan fingerprint density at radius 3 is 2.04 bits per heavy atom. The van der Waals surface area contributed by atoms with Crippen molar-refractivity contribution in [2.75, 3.05) is 32.7 Å². The summed E-state index contributed by atoms with van der Waals surface area (Å²) in [7, 11) is 0. The molecule has 0 aromatic rings. The molecule has 0 aromatic carbocycles. The summed E-state index contributed by atoms with van der Waals surface area (Å²) in [5, 5.41) is 5.31. The lowest BCUT2D eigenvalue weighted by atomic mass is 9.95. The fourth-order valence-corrected chi connectivity index (χ4v) is 4.55. The minimum absolute atomic E-state index is 0.0908. The number of carbonyl (C=O) groups excluding carboxylic acids is 3. The minimum atomic E-state index is -0.377. The van der Waals surface area contributed by atoms with Crippen molar-refractivity contribution in [3.63, 3.8) is 0 Å². The molecule has 3 fully saturated rings. The molecule has 0 atom stereocenters. The van der Waals surface area contributed by atoms with Crippen LogP contribution < -0.4 is 10.6 Å². The van der Waals surface area contributed by atoms with Crippen LogP contribution in [-0.4, -0.2) is 66.4 Å². The number of amides is 4. The maximum atomic E-state index is 12.7. The van der Waals surface area contributed by atoms with Gasteiger partial charge in [-0.15, -0.1) is 0 Å². The standard InChI is InChI=1S/C20H34N4O3/c25-18(22-20(27)21-17-7-3-4-8-17)15-23-13-9-16(10-14-23)19(26)24-11-5-1-2-6-12-24/h16-17H,1-15H2,(H2,21,22,25,27). The first-order chi connectivity index (χ1) is 13.1. The quantitative estimate of drug-likeness (QED) is 0.782. The first kappa shape index (κ1) is 20.1. The zero-order valence-electron chi connectivity index (χ0n) is 16.4. The number of likely N-dealkylation sites (tertiary alicyclic amines) is 2. The van der Waals surface area contributed by atoms with Gasteiger partial charge in [0.1, 0.15) is 0 Å². The smallest absolute Gasteiger partial charge is 0.321 e. The van der Waals surface area contributed by atoms with Crippen LogP contribution in [0.25, 0.3) is 0 Å². The van der Waals surface area contributed by atoms with Gasteiger partial charge in [-0.05, 0) is 51.6 Å². The molecule has 0 unspecified atom stereocenters. The second-order valence-electron chi connectivity index (χ2n) is 8.29. The highest BCUT2D eigenvalue weighted by molar-refractivity contribution is 5.95. The molecule has 1 aliphatic carbocycles. The fraction of sp³-hybridized carbons (Fsp3) is 0.850. The van der Waals surface area contributed by atoms with Crippen molar-refractivity contribution in [3.8, 4) is 0 Å². The summed E-state index contributed by atoms with van der Waals surface area (Å²) in [6, 6.07) is -0.170. The zero-order valence-corrected chi connectivity index (χ0v) is 16.4. The average molecular weight is 379 g/mol. The predicted octanol–water partition coefficient (Wildman–Crippen LogP) is 1.87. The molecular weight excluding hydrogens is 344 g/mol. The Morgan fingerprint density at radius 1 is 0.778 bits per heavy atom. The lowest BCUT2D eigenvalue weighted by molar-refractivity contribution is -0.137.